The Morgan fingerprint density at radius 2 is 2.29 bits per heavy atom. The second-order valence-corrected chi connectivity index (χ2v) is 4.23. The zero-order chi connectivity index (χ0) is 11.9. The van der Waals surface area contributed by atoms with E-state index in [4.69, 9.17) is 10.00 Å². The van der Waals surface area contributed by atoms with Crippen molar-refractivity contribution in [3.63, 3.8) is 0 Å². The molecule has 2 heterocycles. The standard InChI is InChI=1S/C10H11N5OS/c11-2-1-3-16-4-5-17-10-8-9(13-6-12-8)14-7-15-10/h6-7H,1,3-5H2,(H,12,13,14,15). The molecule has 0 saturated carbocycles. The summed E-state index contributed by atoms with van der Waals surface area (Å²) in [7, 11) is 0. The van der Waals surface area contributed by atoms with Crippen LogP contribution in [-0.2, 0) is 4.74 Å². The first kappa shape index (κ1) is 11.8. The number of ether oxygens (including phenoxy) is 1. The number of H-pyrrole nitrogens is 1. The van der Waals surface area contributed by atoms with Crippen molar-refractivity contribution in [3.05, 3.63) is 12.7 Å². The lowest BCUT2D eigenvalue weighted by atomic mass is 10.5. The number of fused-ring (bicyclic) bond motifs is 1. The highest BCUT2D eigenvalue weighted by atomic mass is 32.2. The smallest absolute Gasteiger partial charge is 0.181 e. The summed E-state index contributed by atoms with van der Waals surface area (Å²) in [5, 5.41) is 9.20. The average Bonchev–Trinajstić information content (AvgIpc) is 2.82. The van der Waals surface area contributed by atoms with E-state index in [0.29, 0.717) is 25.3 Å². The van der Waals surface area contributed by atoms with Crippen LogP contribution in [-0.4, -0.2) is 38.9 Å². The van der Waals surface area contributed by atoms with Crippen LogP contribution in [0.25, 0.3) is 11.2 Å². The Labute approximate surface area is 102 Å². The number of thioether (sulfide) groups is 1. The molecule has 1 N–H and O–H groups in total. The molecule has 0 atom stereocenters. The first-order valence-corrected chi connectivity index (χ1v) is 6.12. The fourth-order valence-electron chi connectivity index (χ4n) is 1.27. The molecule has 0 unspecified atom stereocenters. The van der Waals surface area contributed by atoms with Crippen molar-refractivity contribution in [1.82, 2.24) is 19.9 Å². The highest BCUT2D eigenvalue weighted by molar-refractivity contribution is 7.99. The van der Waals surface area contributed by atoms with Gasteiger partial charge < -0.3 is 9.72 Å². The van der Waals surface area contributed by atoms with E-state index >= 15 is 0 Å². The zero-order valence-corrected chi connectivity index (χ0v) is 9.90. The van der Waals surface area contributed by atoms with Gasteiger partial charge in [-0.05, 0) is 0 Å². The highest BCUT2D eigenvalue weighted by Crippen LogP contribution is 2.21. The van der Waals surface area contributed by atoms with Gasteiger partial charge in [0.1, 0.15) is 16.9 Å². The molecular formula is C10H11N5OS. The van der Waals surface area contributed by atoms with Gasteiger partial charge in [-0.2, -0.15) is 5.26 Å². The van der Waals surface area contributed by atoms with Crippen molar-refractivity contribution >= 4 is 22.9 Å². The summed E-state index contributed by atoms with van der Waals surface area (Å²) in [6, 6.07) is 2.03. The van der Waals surface area contributed by atoms with Crippen molar-refractivity contribution < 1.29 is 4.74 Å². The minimum absolute atomic E-state index is 0.433. The number of nitriles is 1. The molecule has 0 spiro atoms. The van der Waals surface area contributed by atoms with Gasteiger partial charge in [-0.25, -0.2) is 15.0 Å². The third-order valence-corrected chi connectivity index (χ3v) is 2.97. The lowest BCUT2D eigenvalue weighted by Crippen LogP contribution is -1.99. The Morgan fingerprint density at radius 1 is 1.35 bits per heavy atom. The molecule has 6 nitrogen and oxygen atoms in total. The molecule has 0 bridgehead atoms. The third-order valence-electron chi connectivity index (χ3n) is 2.01. The third kappa shape index (κ3) is 3.15. The molecular weight excluding hydrogens is 238 g/mol. The topological polar surface area (TPSA) is 87.5 Å². The second-order valence-electron chi connectivity index (χ2n) is 3.15. The molecule has 2 aromatic heterocycles. The molecule has 2 aromatic rings. The van der Waals surface area contributed by atoms with Crippen LogP contribution in [0.15, 0.2) is 17.7 Å². The monoisotopic (exact) mass is 249 g/mol. The summed E-state index contributed by atoms with van der Waals surface area (Å²) in [5.74, 6) is 0.788. The predicted molar refractivity (Wildman–Crippen MR) is 63.5 cm³/mol. The molecule has 17 heavy (non-hydrogen) atoms. The van der Waals surface area contributed by atoms with Gasteiger partial charge in [-0.15, -0.1) is 11.8 Å². The predicted octanol–water partition coefficient (Wildman–Crippen LogP) is 1.38. The van der Waals surface area contributed by atoms with Crippen molar-refractivity contribution in [3.8, 4) is 6.07 Å². The maximum absolute atomic E-state index is 8.33. The molecule has 2 rings (SSSR count). The normalized spacial score (nSPS) is 10.5. The van der Waals surface area contributed by atoms with Crippen LogP contribution in [0.1, 0.15) is 6.42 Å². The van der Waals surface area contributed by atoms with E-state index < -0.39 is 0 Å². The quantitative estimate of drug-likeness (QED) is 0.472. The first-order chi connectivity index (χ1) is 8.42. The zero-order valence-electron chi connectivity index (χ0n) is 9.09. The summed E-state index contributed by atoms with van der Waals surface area (Å²) in [6.07, 6.45) is 3.54. The Morgan fingerprint density at radius 3 is 3.18 bits per heavy atom. The van der Waals surface area contributed by atoms with Crippen LogP contribution in [0.4, 0.5) is 0 Å². The van der Waals surface area contributed by atoms with Crippen molar-refractivity contribution in [1.29, 1.82) is 5.26 Å². The molecule has 0 radical (unpaired) electrons. The van der Waals surface area contributed by atoms with E-state index in [9.17, 15) is 0 Å². The Hall–Kier alpha value is -1.65. The van der Waals surface area contributed by atoms with E-state index in [1.165, 1.54) is 6.33 Å². The molecule has 0 fully saturated rings. The fraction of sp³-hybridized carbons (Fsp3) is 0.400. The SMILES string of the molecule is N#CCCOCCSc1ncnc2nc[nH]c12. The van der Waals surface area contributed by atoms with E-state index in [1.54, 1.807) is 18.1 Å². The van der Waals surface area contributed by atoms with Gasteiger partial charge in [-0.1, -0.05) is 0 Å². The van der Waals surface area contributed by atoms with Crippen LogP contribution in [0.3, 0.4) is 0 Å². The van der Waals surface area contributed by atoms with Gasteiger partial charge in [-0.3, -0.25) is 0 Å². The van der Waals surface area contributed by atoms with E-state index in [-0.39, 0.29) is 0 Å². The maximum atomic E-state index is 8.33. The van der Waals surface area contributed by atoms with Gasteiger partial charge in [0.2, 0.25) is 0 Å². The van der Waals surface area contributed by atoms with Crippen molar-refractivity contribution in [2.75, 3.05) is 19.0 Å². The Bertz CT molecular complexity index is 521. The van der Waals surface area contributed by atoms with E-state index in [0.717, 1.165) is 16.3 Å². The van der Waals surface area contributed by atoms with Gasteiger partial charge in [0.15, 0.2) is 5.65 Å². The number of aromatic amines is 1. The van der Waals surface area contributed by atoms with Crippen LogP contribution in [0, 0.1) is 11.3 Å². The van der Waals surface area contributed by atoms with Gasteiger partial charge in [0.05, 0.1) is 32.0 Å². The van der Waals surface area contributed by atoms with Crippen molar-refractivity contribution in [2.45, 2.75) is 11.4 Å². The summed E-state index contributed by atoms with van der Waals surface area (Å²) in [6.45, 7) is 1.09. The molecule has 0 saturated heterocycles. The van der Waals surface area contributed by atoms with Crippen LogP contribution in [0.2, 0.25) is 0 Å². The lowest BCUT2D eigenvalue weighted by molar-refractivity contribution is 0.156. The van der Waals surface area contributed by atoms with Crippen LogP contribution < -0.4 is 0 Å². The largest absolute Gasteiger partial charge is 0.380 e. The Kier molecular flexibility index (Phi) is 4.30. The number of nitrogens with zero attached hydrogens (tertiary/aromatic N) is 4. The van der Waals surface area contributed by atoms with Gasteiger partial charge in [0.25, 0.3) is 0 Å². The number of hydrogen-bond acceptors (Lipinski definition) is 6. The second kappa shape index (κ2) is 6.18. The van der Waals surface area contributed by atoms with Gasteiger partial charge >= 0.3 is 0 Å². The number of nitrogens with one attached hydrogen (secondary N) is 1. The molecule has 0 aliphatic rings. The van der Waals surface area contributed by atoms with Gasteiger partial charge in [0, 0.05) is 5.75 Å². The molecule has 0 aliphatic heterocycles. The summed E-state index contributed by atoms with van der Waals surface area (Å²) >= 11 is 1.58. The summed E-state index contributed by atoms with van der Waals surface area (Å²) < 4.78 is 5.28. The molecule has 7 heteroatoms. The minimum atomic E-state index is 0.433. The summed E-state index contributed by atoms with van der Waals surface area (Å²) in [5.41, 5.74) is 1.53. The number of hydrogen-bond donors (Lipinski definition) is 1. The number of rotatable bonds is 6. The first-order valence-electron chi connectivity index (χ1n) is 5.13. The van der Waals surface area contributed by atoms with Crippen LogP contribution >= 0.6 is 11.8 Å². The number of imidazole rings is 1. The number of aromatic nitrogens is 4. The molecule has 0 aromatic carbocycles. The average molecular weight is 249 g/mol. The maximum Gasteiger partial charge on any atom is 0.181 e. The van der Waals surface area contributed by atoms with Crippen molar-refractivity contribution in [2.24, 2.45) is 0 Å². The summed E-state index contributed by atoms with van der Waals surface area (Å²) in [4.78, 5) is 15.3. The van der Waals surface area contributed by atoms with Crippen LogP contribution in [0.5, 0.6) is 0 Å². The molecule has 88 valence electrons. The van der Waals surface area contributed by atoms with E-state index in [1.807, 2.05) is 6.07 Å². The molecule has 0 aliphatic carbocycles. The lowest BCUT2D eigenvalue weighted by Gasteiger charge is -2.02. The highest BCUT2D eigenvalue weighted by Gasteiger charge is 2.05. The fourth-order valence-corrected chi connectivity index (χ4v) is 2.08. The Balaban J connectivity index is 1.83. The van der Waals surface area contributed by atoms with E-state index in [2.05, 4.69) is 19.9 Å². The minimum Gasteiger partial charge on any atom is -0.380 e. The molecule has 0 amide bonds.